The van der Waals surface area contributed by atoms with E-state index in [4.69, 9.17) is 5.73 Å². The smallest absolute Gasteiger partial charge is 0.325 e. The third-order valence-corrected chi connectivity index (χ3v) is 5.74. The summed E-state index contributed by atoms with van der Waals surface area (Å²) in [6.07, 6.45) is 2.00. The Morgan fingerprint density at radius 2 is 1.79 bits per heavy atom. The maximum atomic E-state index is 13.3. The molecule has 1 atom stereocenters. The molecule has 1 aliphatic heterocycles. The van der Waals surface area contributed by atoms with Gasteiger partial charge in [-0.05, 0) is 43.0 Å². The number of hydrogen-bond acceptors (Lipinski definition) is 7. The van der Waals surface area contributed by atoms with Crippen molar-refractivity contribution in [1.29, 1.82) is 0 Å². The number of anilines is 3. The maximum Gasteiger partial charge on any atom is 0.325 e. The van der Waals surface area contributed by atoms with Crippen molar-refractivity contribution < 1.29 is 9.59 Å². The van der Waals surface area contributed by atoms with Gasteiger partial charge in [-0.2, -0.15) is 15.0 Å². The van der Waals surface area contributed by atoms with Crippen LogP contribution >= 0.6 is 0 Å². The number of imide groups is 1. The summed E-state index contributed by atoms with van der Waals surface area (Å²) >= 11 is 0. The van der Waals surface area contributed by atoms with Gasteiger partial charge in [-0.3, -0.25) is 9.69 Å². The van der Waals surface area contributed by atoms with Crippen molar-refractivity contribution in [3.8, 4) is 0 Å². The van der Waals surface area contributed by atoms with Crippen LogP contribution < -0.4 is 16.4 Å². The molecule has 3 amide bonds. The molecule has 4 N–H and O–H groups in total. The number of aryl methyl sites for hydroxylation is 2. The van der Waals surface area contributed by atoms with Gasteiger partial charge in [-0.25, -0.2) is 4.79 Å². The topological polar surface area (TPSA) is 126 Å². The average molecular weight is 446 g/mol. The normalized spacial score (nSPS) is 17.8. The summed E-state index contributed by atoms with van der Waals surface area (Å²) in [5.41, 5.74) is 8.45. The maximum absolute atomic E-state index is 13.3. The van der Waals surface area contributed by atoms with Crippen LogP contribution in [0.5, 0.6) is 0 Å². The zero-order valence-electron chi connectivity index (χ0n) is 18.9. The highest BCUT2D eigenvalue weighted by Crippen LogP contribution is 2.30. The molecule has 170 valence electrons. The highest BCUT2D eigenvalue weighted by molar-refractivity contribution is 6.07. The minimum absolute atomic E-state index is 0.00240. The Hall–Kier alpha value is -4.01. The fourth-order valence-corrected chi connectivity index (χ4v) is 3.87. The molecule has 9 nitrogen and oxygen atoms in total. The number of nitrogens with one attached hydrogen (secondary N) is 2. The lowest BCUT2D eigenvalue weighted by atomic mass is 9.91. The Bertz CT molecular complexity index is 1200. The number of nitrogens with zero attached hydrogens (tertiary/aromatic N) is 4. The van der Waals surface area contributed by atoms with E-state index in [1.165, 1.54) is 5.56 Å². The Balaban J connectivity index is 1.55. The molecule has 0 radical (unpaired) electrons. The lowest BCUT2D eigenvalue weighted by molar-refractivity contribution is -0.131. The molecule has 0 saturated carbocycles. The number of amides is 3. The van der Waals surface area contributed by atoms with E-state index in [0.717, 1.165) is 34.6 Å². The van der Waals surface area contributed by atoms with Gasteiger partial charge >= 0.3 is 6.03 Å². The average Bonchev–Trinajstić information content (AvgIpc) is 2.99. The molecule has 1 saturated heterocycles. The molecule has 2 heterocycles. The van der Waals surface area contributed by atoms with Crippen molar-refractivity contribution in [2.24, 2.45) is 0 Å². The van der Waals surface area contributed by atoms with Crippen LogP contribution in [0, 0.1) is 6.92 Å². The Kier molecular flexibility index (Phi) is 5.95. The van der Waals surface area contributed by atoms with Crippen molar-refractivity contribution in [1.82, 2.24) is 25.2 Å². The number of rotatable bonds is 7. The molecule has 3 aromatic rings. The van der Waals surface area contributed by atoms with Crippen LogP contribution in [-0.2, 0) is 23.3 Å². The second kappa shape index (κ2) is 8.85. The second-order valence-corrected chi connectivity index (χ2v) is 8.27. The van der Waals surface area contributed by atoms with Crippen LogP contribution in [0.25, 0.3) is 0 Å². The number of urea groups is 1. The Morgan fingerprint density at radius 1 is 1.06 bits per heavy atom. The van der Waals surface area contributed by atoms with Crippen LogP contribution in [0.1, 0.15) is 42.8 Å². The molecule has 1 aliphatic rings. The molecular weight excluding hydrogens is 418 g/mol. The van der Waals surface area contributed by atoms with E-state index < -0.39 is 11.6 Å². The first-order valence-electron chi connectivity index (χ1n) is 10.9. The molecule has 9 heteroatoms. The van der Waals surface area contributed by atoms with Crippen molar-refractivity contribution in [2.45, 2.75) is 45.7 Å². The quantitative estimate of drug-likeness (QED) is 0.476. The number of nitrogen functional groups attached to an aromatic ring is 1. The van der Waals surface area contributed by atoms with Gasteiger partial charge in [0.15, 0.2) is 5.82 Å². The second-order valence-electron chi connectivity index (χ2n) is 8.27. The van der Waals surface area contributed by atoms with Gasteiger partial charge in [0, 0.05) is 5.69 Å². The molecule has 0 bridgehead atoms. The molecule has 1 unspecified atom stereocenters. The highest BCUT2D eigenvalue weighted by Gasteiger charge is 2.49. The van der Waals surface area contributed by atoms with E-state index in [9.17, 15) is 9.59 Å². The van der Waals surface area contributed by atoms with E-state index in [0.29, 0.717) is 0 Å². The summed E-state index contributed by atoms with van der Waals surface area (Å²) in [5.74, 6) is 0.0818. The molecule has 2 aromatic carbocycles. The summed E-state index contributed by atoms with van der Waals surface area (Å²) in [6, 6.07) is 14.9. The first kappa shape index (κ1) is 22.2. The standard InChI is InChI=1S/C24H27N7O2/c1-4-7-16-10-12-17(13-11-16)24(3)20(32)31(23(33)30-24)14-19-27-21(25)29-22(28-19)26-18-9-6-5-8-15(18)2/h5-6,8-13H,4,7,14H2,1-3H3,(H,30,33)(H3,25,26,27,28,29). The lowest BCUT2D eigenvalue weighted by Crippen LogP contribution is -2.40. The summed E-state index contributed by atoms with van der Waals surface area (Å²) in [7, 11) is 0. The van der Waals surface area contributed by atoms with E-state index in [-0.39, 0.29) is 30.2 Å². The van der Waals surface area contributed by atoms with Gasteiger partial charge < -0.3 is 16.4 Å². The fourth-order valence-electron chi connectivity index (χ4n) is 3.87. The molecule has 1 aromatic heterocycles. The van der Waals surface area contributed by atoms with Gasteiger partial charge in [0.25, 0.3) is 5.91 Å². The number of carbonyl (C=O) groups excluding carboxylic acids is 2. The predicted molar refractivity (Wildman–Crippen MR) is 126 cm³/mol. The van der Waals surface area contributed by atoms with Crippen molar-refractivity contribution in [3.05, 3.63) is 71.0 Å². The van der Waals surface area contributed by atoms with E-state index >= 15 is 0 Å². The van der Waals surface area contributed by atoms with Crippen LogP contribution in [0.3, 0.4) is 0 Å². The molecule has 33 heavy (non-hydrogen) atoms. The Labute approximate surface area is 192 Å². The molecule has 0 spiro atoms. The Morgan fingerprint density at radius 3 is 2.48 bits per heavy atom. The molecule has 0 aliphatic carbocycles. The number of hydrogen-bond donors (Lipinski definition) is 3. The number of para-hydroxylation sites is 1. The zero-order valence-corrected chi connectivity index (χ0v) is 18.9. The largest absolute Gasteiger partial charge is 0.368 e. The first-order valence-corrected chi connectivity index (χ1v) is 10.9. The minimum atomic E-state index is -1.16. The monoisotopic (exact) mass is 445 g/mol. The molecular formula is C24H27N7O2. The number of carbonyl (C=O) groups is 2. The van der Waals surface area contributed by atoms with Gasteiger partial charge in [-0.1, -0.05) is 55.8 Å². The fraction of sp³-hybridized carbons (Fsp3) is 0.292. The number of nitrogens with two attached hydrogens (primary N) is 1. The third-order valence-electron chi connectivity index (χ3n) is 5.74. The lowest BCUT2D eigenvalue weighted by Gasteiger charge is -2.22. The van der Waals surface area contributed by atoms with E-state index in [1.54, 1.807) is 6.92 Å². The van der Waals surface area contributed by atoms with Crippen molar-refractivity contribution in [2.75, 3.05) is 11.1 Å². The van der Waals surface area contributed by atoms with Crippen molar-refractivity contribution in [3.63, 3.8) is 0 Å². The van der Waals surface area contributed by atoms with Crippen molar-refractivity contribution >= 4 is 29.5 Å². The van der Waals surface area contributed by atoms with Gasteiger partial charge in [0.2, 0.25) is 11.9 Å². The number of aromatic nitrogens is 3. The predicted octanol–water partition coefficient (Wildman–Crippen LogP) is 3.43. The molecule has 4 rings (SSSR count). The summed E-state index contributed by atoms with van der Waals surface area (Å²) in [5, 5.41) is 5.93. The van der Waals surface area contributed by atoms with E-state index in [2.05, 4.69) is 32.5 Å². The number of benzene rings is 2. The van der Waals surface area contributed by atoms with Crippen LogP contribution in [0.2, 0.25) is 0 Å². The van der Waals surface area contributed by atoms with Gasteiger partial charge in [-0.15, -0.1) is 0 Å². The summed E-state index contributed by atoms with van der Waals surface area (Å²) in [4.78, 5) is 39.7. The van der Waals surface area contributed by atoms with E-state index in [1.807, 2.05) is 55.5 Å². The summed E-state index contributed by atoms with van der Waals surface area (Å²) < 4.78 is 0. The zero-order chi connectivity index (χ0) is 23.6. The first-order chi connectivity index (χ1) is 15.8. The van der Waals surface area contributed by atoms with Crippen LogP contribution in [0.15, 0.2) is 48.5 Å². The SMILES string of the molecule is CCCc1ccc(C2(C)NC(=O)N(Cc3nc(N)nc(Nc4ccccc4C)n3)C2=O)cc1. The van der Waals surface area contributed by atoms with Crippen LogP contribution in [0.4, 0.5) is 22.4 Å². The van der Waals surface area contributed by atoms with Gasteiger partial charge in [0.05, 0.1) is 6.54 Å². The highest BCUT2D eigenvalue weighted by atomic mass is 16.2. The van der Waals surface area contributed by atoms with Crippen LogP contribution in [-0.4, -0.2) is 31.8 Å². The molecule has 1 fully saturated rings. The van der Waals surface area contributed by atoms with Gasteiger partial charge in [0.1, 0.15) is 5.54 Å². The minimum Gasteiger partial charge on any atom is -0.368 e. The third kappa shape index (κ3) is 4.48. The summed E-state index contributed by atoms with van der Waals surface area (Å²) in [6.45, 7) is 5.65.